The maximum Gasteiger partial charge on any atom is 0.0437 e. The number of fused-ring (bicyclic) bond motifs is 2. The van der Waals surface area contributed by atoms with E-state index >= 15 is 0 Å². The van der Waals surface area contributed by atoms with Crippen LogP contribution in [-0.2, 0) is 5.41 Å². The Morgan fingerprint density at radius 1 is 0.645 bits per heavy atom. The summed E-state index contributed by atoms with van der Waals surface area (Å²) in [5, 5.41) is 3.74. The van der Waals surface area contributed by atoms with Gasteiger partial charge in [-0.25, -0.2) is 0 Å². The van der Waals surface area contributed by atoms with Gasteiger partial charge in [-0.05, 0) is 36.6 Å². The summed E-state index contributed by atoms with van der Waals surface area (Å²) >= 11 is 3.96. The molecule has 1 nitrogen and oxygen atoms in total. The number of hydrogen-bond donors (Lipinski definition) is 1. The third-order valence-corrected chi connectivity index (χ3v) is 7.78. The molecule has 3 rings (SSSR count). The molecule has 0 saturated heterocycles. The summed E-state index contributed by atoms with van der Waals surface area (Å²) in [4.78, 5) is 0. The van der Waals surface area contributed by atoms with Gasteiger partial charge >= 0.3 is 0 Å². The predicted octanol–water partition coefficient (Wildman–Crippen LogP) is 10.3. The fraction of sp³-hybridized carbons (Fsp3) is 0.586. The Labute approximate surface area is 199 Å². The Morgan fingerprint density at radius 3 is 1.84 bits per heavy atom. The van der Waals surface area contributed by atoms with Crippen molar-refractivity contribution in [3.63, 3.8) is 0 Å². The normalized spacial score (nSPS) is 14.0. The highest BCUT2D eigenvalue weighted by atomic mass is 79.9. The summed E-state index contributed by atoms with van der Waals surface area (Å²) in [6.07, 6.45) is 18.8. The fourth-order valence-corrected chi connectivity index (χ4v) is 6.21. The lowest BCUT2D eigenvalue weighted by Crippen LogP contribution is -2.33. The lowest BCUT2D eigenvalue weighted by Gasteiger charge is -2.42. The molecule has 0 spiro atoms. The van der Waals surface area contributed by atoms with Gasteiger partial charge in [-0.2, -0.15) is 0 Å². The Hall–Kier alpha value is -1.28. The molecule has 170 valence electrons. The molecule has 1 aliphatic heterocycles. The molecule has 1 aliphatic rings. The highest BCUT2D eigenvalue weighted by molar-refractivity contribution is 9.10. The van der Waals surface area contributed by atoms with Crippen molar-refractivity contribution >= 4 is 27.3 Å². The molecule has 0 bridgehead atoms. The molecular weight excluding hydrogens is 442 g/mol. The van der Waals surface area contributed by atoms with Gasteiger partial charge in [0.1, 0.15) is 0 Å². The van der Waals surface area contributed by atoms with Crippen LogP contribution in [-0.4, -0.2) is 0 Å². The maximum absolute atomic E-state index is 3.96. The molecule has 0 fully saturated rings. The predicted molar refractivity (Wildman–Crippen MR) is 141 cm³/mol. The molecule has 1 heterocycles. The van der Waals surface area contributed by atoms with Crippen LogP contribution >= 0.6 is 15.9 Å². The zero-order valence-corrected chi connectivity index (χ0v) is 21.4. The SMILES string of the molecule is CCCCCCCCC1(CCCCCCCC)c2ccccc2Nc2cccc(Br)c21. The topological polar surface area (TPSA) is 12.0 Å². The van der Waals surface area contributed by atoms with Crippen molar-refractivity contribution in [1.82, 2.24) is 0 Å². The average molecular weight is 485 g/mol. The van der Waals surface area contributed by atoms with Crippen molar-refractivity contribution in [3.05, 3.63) is 58.1 Å². The van der Waals surface area contributed by atoms with E-state index in [0.717, 1.165) is 0 Å². The first-order valence-electron chi connectivity index (χ1n) is 12.9. The number of nitrogens with one attached hydrogen (secondary N) is 1. The van der Waals surface area contributed by atoms with E-state index in [1.165, 1.54) is 117 Å². The molecule has 31 heavy (non-hydrogen) atoms. The summed E-state index contributed by atoms with van der Waals surface area (Å²) in [5.74, 6) is 0. The molecular formula is C29H42BrN. The molecule has 2 aromatic rings. The quantitative estimate of drug-likeness (QED) is 0.263. The standard InChI is InChI=1S/C29H42BrN/c1-3-5-7-9-11-15-22-29(23-16-12-10-8-6-4-2)24-18-13-14-20-26(24)31-27-21-17-19-25(30)28(27)29/h13-14,17-21,31H,3-12,15-16,22-23H2,1-2H3. The van der Waals surface area contributed by atoms with Crippen LogP contribution in [0.25, 0.3) is 0 Å². The van der Waals surface area contributed by atoms with Gasteiger partial charge in [0, 0.05) is 26.8 Å². The Bertz CT molecular complexity index is 781. The summed E-state index contributed by atoms with van der Waals surface area (Å²) in [6, 6.07) is 15.8. The van der Waals surface area contributed by atoms with E-state index in [0.29, 0.717) is 0 Å². The molecule has 0 amide bonds. The van der Waals surface area contributed by atoms with E-state index in [2.05, 4.69) is 77.6 Å². The van der Waals surface area contributed by atoms with E-state index < -0.39 is 0 Å². The minimum atomic E-state index is 0.118. The van der Waals surface area contributed by atoms with Crippen LogP contribution in [0.3, 0.4) is 0 Å². The number of unbranched alkanes of at least 4 members (excludes halogenated alkanes) is 10. The number of rotatable bonds is 14. The van der Waals surface area contributed by atoms with Gasteiger partial charge < -0.3 is 5.32 Å². The van der Waals surface area contributed by atoms with Crippen LogP contribution in [0.15, 0.2) is 46.9 Å². The molecule has 0 aliphatic carbocycles. The van der Waals surface area contributed by atoms with Crippen molar-refractivity contribution in [3.8, 4) is 0 Å². The van der Waals surface area contributed by atoms with Crippen LogP contribution in [0.1, 0.15) is 115 Å². The Kier molecular flexibility index (Phi) is 9.96. The van der Waals surface area contributed by atoms with E-state index in [-0.39, 0.29) is 5.41 Å². The van der Waals surface area contributed by atoms with Crippen molar-refractivity contribution in [2.45, 2.75) is 109 Å². The van der Waals surface area contributed by atoms with Gasteiger partial charge in [-0.3, -0.25) is 0 Å². The number of hydrogen-bond acceptors (Lipinski definition) is 1. The minimum Gasteiger partial charge on any atom is -0.355 e. The zero-order valence-electron chi connectivity index (χ0n) is 19.8. The first kappa shape index (κ1) is 24.4. The van der Waals surface area contributed by atoms with Gasteiger partial charge in [0.25, 0.3) is 0 Å². The van der Waals surface area contributed by atoms with Gasteiger partial charge in [0.15, 0.2) is 0 Å². The molecule has 0 radical (unpaired) electrons. The molecule has 0 aromatic heterocycles. The number of halogens is 1. The van der Waals surface area contributed by atoms with Crippen molar-refractivity contribution in [2.75, 3.05) is 5.32 Å². The first-order valence-corrected chi connectivity index (χ1v) is 13.7. The van der Waals surface area contributed by atoms with E-state index in [9.17, 15) is 0 Å². The molecule has 0 saturated carbocycles. The van der Waals surface area contributed by atoms with Crippen molar-refractivity contribution < 1.29 is 0 Å². The lowest BCUT2D eigenvalue weighted by atomic mass is 9.65. The zero-order chi connectivity index (χ0) is 21.9. The van der Waals surface area contributed by atoms with Crippen molar-refractivity contribution in [1.29, 1.82) is 0 Å². The van der Waals surface area contributed by atoms with Gasteiger partial charge in [0.2, 0.25) is 0 Å². The maximum atomic E-state index is 3.96. The van der Waals surface area contributed by atoms with E-state index in [1.54, 1.807) is 0 Å². The second kappa shape index (κ2) is 12.7. The highest BCUT2D eigenvalue weighted by Crippen LogP contribution is 2.53. The monoisotopic (exact) mass is 483 g/mol. The highest BCUT2D eigenvalue weighted by Gasteiger charge is 2.41. The van der Waals surface area contributed by atoms with Gasteiger partial charge in [-0.15, -0.1) is 0 Å². The second-order valence-electron chi connectivity index (χ2n) is 9.45. The number of para-hydroxylation sites is 1. The molecule has 1 N–H and O–H groups in total. The summed E-state index contributed by atoms with van der Waals surface area (Å²) in [5.41, 5.74) is 5.73. The third kappa shape index (κ3) is 6.15. The first-order chi connectivity index (χ1) is 15.2. The molecule has 2 aromatic carbocycles. The Morgan fingerprint density at radius 2 is 1.19 bits per heavy atom. The molecule has 0 atom stereocenters. The van der Waals surface area contributed by atoms with Crippen molar-refractivity contribution in [2.24, 2.45) is 0 Å². The largest absolute Gasteiger partial charge is 0.355 e. The van der Waals surface area contributed by atoms with Crippen LogP contribution in [0.5, 0.6) is 0 Å². The van der Waals surface area contributed by atoms with Crippen LogP contribution in [0.2, 0.25) is 0 Å². The van der Waals surface area contributed by atoms with Gasteiger partial charge in [0.05, 0.1) is 0 Å². The number of anilines is 2. The lowest BCUT2D eigenvalue weighted by molar-refractivity contribution is 0.388. The Balaban J connectivity index is 1.85. The van der Waals surface area contributed by atoms with Crippen LogP contribution in [0.4, 0.5) is 11.4 Å². The summed E-state index contributed by atoms with van der Waals surface area (Å²) in [7, 11) is 0. The fourth-order valence-electron chi connectivity index (χ4n) is 5.46. The summed E-state index contributed by atoms with van der Waals surface area (Å²) < 4.78 is 1.27. The second-order valence-corrected chi connectivity index (χ2v) is 10.3. The molecule has 2 heteroatoms. The average Bonchev–Trinajstić information content (AvgIpc) is 2.78. The molecule has 0 unspecified atom stereocenters. The summed E-state index contributed by atoms with van der Waals surface area (Å²) in [6.45, 7) is 4.60. The van der Waals surface area contributed by atoms with Crippen LogP contribution < -0.4 is 5.32 Å². The minimum absolute atomic E-state index is 0.118. The smallest absolute Gasteiger partial charge is 0.0437 e. The van der Waals surface area contributed by atoms with Crippen LogP contribution in [0, 0.1) is 0 Å². The third-order valence-electron chi connectivity index (χ3n) is 7.12. The number of benzene rings is 2. The van der Waals surface area contributed by atoms with Gasteiger partial charge in [-0.1, -0.05) is 131 Å². The van der Waals surface area contributed by atoms with E-state index in [4.69, 9.17) is 0 Å². The van der Waals surface area contributed by atoms with E-state index in [1.807, 2.05) is 0 Å².